The lowest BCUT2D eigenvalue weighted by molar-refractivity contribution is 0.291. The number of hydrogen-bond donors (Lipinski definition) is 1. The largest absolute Gasteiger partial charge is 0.493 e. The lowest BCUT2D eigenvalue weighted by Crippen LogP contribution is -2.14. The van der Waals surface area contributed by atoms with Gasteiger partial charge in [0.25, 0.3) is 0 Å². The Balaban J connectivity index is 2.72. The fourth-order valence-corrected chi connectivity index (χ4v) is 2.06. The molecule has 1 rings (SSSR count). The standard InChI is InChI=1S/C16H22ClNO2/c1-4-6-7-9-20-16-14(17)10-13(11-15(16)19-3)12-18-8-5-2/h1,10-11,18H,5-9,12H2,2-3H3. The van der Waals surface area contributed by atoms with Crippen molar-refractivity contribution in [1.82, 2.24) is 5.32 Å². The number of benzene rings is 1. The van der Waals surface area contributed by atoms with E-state index >= 15 is 0 Å². The summed E-state index contributed by atoms with van der Waals surface area (Å²) in [5.74, 6) is 3.83. The minimum Gasteiger partial charge on any atom is -0.493 e. The van der Waals surface area contributed by atoms with Crippen LogP contribution in [0.25, 0.3) is 0 Å². The Hall–Kier alpha value is -1.37. The van der Waals surface area contributed by atoms with Crippen LogP contribution in [0.2, 0.25) is 5.02 Å². The van der Waals surface area contributed by atoms with E-state index in [9.17, 15) is 0 Å². The van der Waals surface area contributed by atoms with E-state index in [1.54, 1.807) is 7.11 Å². The minimum absolute atomic E-state index is 0.535. The van der Waals surface area contributed by atoms with Crippen LogP contribution in [0.3, 0.4) is 0 Å². The molecule has 0 amide bonds. The lowest BCUT2D eigenvalue weighted by atomic mass is 10.2. The molecule has 0 aliphatic heterocycles. The van der Waals surface area contributed by atoms with Crippen molar-refractivity contribution in [3.8, 4) is 23.8 Å². The van der Waals surface area contributed by atoms with Gasteiger partial charge < -0.3 is 14.8 Å². The van der Waals surface area contributed by atoms with Gasteiger partial charge in [0.05, 0.1) is 18.7 Å². The lowest BCUT2D eigenvalue weighted by Gasteiger charge is -2.14. The number of unbranched alkanes of at least 4 members (excludes halogenated alkanes) is 1. The van der Waals surface area contributed by atoms with Gasteiger partial charge in [0.1, 0.15) is 0 Å². The summed E-state index contributed by atoms with van der Waals surface area (Å²) in [7, 11) is 1.61. The highest BCUT2D eigenvalue weighted by molar-refractivity contribution is 6.32. The maximum atomic E-state index is 6.27. The van der Waals surface area contributed by atoms with E-state index in [4.69, 9.17) is 27.5 Å². The molecule has 0 fully saturated rings. The predicted octanol–water partition coefficient (Wildman–Crippen LogP) is 3.64. The third-order valence-corrected chi connectivity index (χ3v) is 3.04. The second-order valence-corrected chi connectivity index (χ2v) is 4.85. The smallest absolute Gasteiger partial charge is 0.179 e. The molecule has 110 valence electrons. The van der Waals surface area contributed by atoms with Crippen molar-refractivity contribution in [1.29, 1.82) is 0 Å². The molecule has 0 aliphatic rings. The van der Waals surface area contributed by atoms with Crippen molar-refractivity contribution >= 4 is 11.6 Å². The first-order chi connectivity index (χ1) is 9.72. The molecule has 1 aromatic rings. The summed E-state index contributed by atoms with van der Waals surface area (Å²) in [5, 5.41) is 3.90. The molecule has 0 spiro atoms. The Morgan fingerprint density at radius 2 is 2.20 bits per heavy atom. The molecule has 0 bridgehead atoms. The Morgan fingerprint density at radius 1 is 1.40 bits per heavy atom. The maximum absolute atomic E-state index is 6.27. The fraction of sp³-hybridized carbons (Fsp3) is 0.500. The summed E-state index contributed by atoms with van der Waals surface area (Å²) >= 11 is 6.27. The van der Waals surface area contributed by atoms with Crippen LogP contribution in [-0.2, 0) is 6.54 Å². The average Bonchev–Trinajstić information content (AvgIpc) is 2.45. The van der Waals surface area contributed by atoms with E-state index in [0.717, 1.165) is 31.5 Å². The Morgan fingerprint density at radius 3 is 2.85 bits per heavy atom. The van der Waals surface area contributed by atoms with E-state index in [1.807, 2.05) is 12.1 Å². The van der Waals surface area contributed by atoms with Crippen LogP contribution in [0.15, 0.2) is 12.1 Å². The van der Waals surface area contributed by atoms with Gasteiger partial charge in [0.15, 0.2) is 11.5 Å². The van der Waals surface area contributed by atoms with Gasteiger partial charge in [-0.1, -0.05) is 18.5 Å². The summed E-state index contributed by atoms with van der Waals surface area (Å²) in [5.41, 5.74) is 1.08. The van der Waals surface area contributed by atoms with Gasteiger partial charge in [0, 0.05) is 13.0 Å². The normalized spacial score (nSPS) is 10.1. The fourth-order valence-electron chi connectivity index (χ4n) is 1.77. The third kappa shape index (κ3) is 5.32. The van der Waals surface area contributed by atoms with Gasteiger partial charge in [-0.25, -0.2) is 0 Å². The summed E-state index contributed by atoms with van der Waals surface area (Å²) in [6.45, 7) is 4.41. The van der Waals surface area contributed by atoms with Gasteiger partial charge in [0.2, 0.25) is 0 Å². The van der Waals surface area contributed by atoms with Crippen molar-refractivity contribution in [2.45, 2.75) is 32.7 Å². The van der Waals surface area contributed by atoms with E-state index in [0.29, 0.717) is 29.5 Å². The Kier molecular flexibility index (Phi) is 7.94. The molecular formula is C16H22ClNO2. The molecule has 0 unspecified atom stereocenters. The second-order valence-electron chi connectivity index (χ2n) is 4.44. The zero-order valence-corrected chi connectivity index (χ0v) is 12.9. The van der Waals surface area contributed by atoms with E-state index < -0.39 is 0 Å². The van der Waals surface area contributed by atoms with Crippen molar-refractivity contribution < 1.29 is 9.47 Å². The number of terminal acetylenes is 1. The molecule has 0 aromatic heterocycles. The first-order valence-electron chi connectivity index (χ1n) is 6.86. The molecule has 0 atom stereocenters. The van der Waals surface area contributed by atoms with Gasteiger partial charge in [-0.2, -0.15) is 0 Å². The van der Waals surface area contributed by atoms with E-state index in [-0.39, 0.29) is 0 Å². The topological polar surface area (TPSA) is 30.5 Å². The summed E-state index contributed by atoms with van der Waals surface area (Å²) in [4.78, 5) is 0. The summed E-state index contributed by atoms with van der Waals surface area (Å²) < 4.78 is 11.0. The number of ether oxygens (including phenoxy) is 2. The maximum Gasteiger partial charge on any atom is 0.179 e. The highest BCUT2D eigenvalue weighted by atomic mass is 35.5. The Labute approximate surface area is 126 Å². The SMILES string of the molecule is C#CCCCOc1c(Cl)cc(CNCCC)cc1OC. The van der Waals surface area contributed by atoms with E-state index in [2.05, 4.69) is 18.2 Å². The molecule has 0 aliphatic carbocycles. The van der Waals surface area contributed by atoms with Crippen molar-refractivity contribution in [3.63, 3.8) is 0 Å². The molecule has 0 heterocycles. The van der Waals surface area contributed by atoms with Gasteiger partial charge in [-0.15, -0.1) is 12.3 Å². The van der Waals surface area contributed by atoms with Crippen molar-refractivity contribution in [2.75, 3.05) is 20.3 Å². The van der Waals surface area contributed by atoms with Gasteiger partial charge in [-0.05, 0) is 37.1 Å². The highest BCUT2D eigenvalue weighted by Crippen LogP contribution is 2.36. The molecule has 20 heavy (non-hydrogen) atoms. The monoisotopic (exact) mass is 295 g/mol. The van der Waals surface area contributed by atoms with Crippen LogP contribution in [-0.4, -0.2) is 20.3 Å². The van der Waals surface area contributed by atoms with Crippen LogP contribution in [0.5, 0.6) is 11.5 Å². The first kappa shape index (κ1) is 16.7. The highest BCUT2D eigenvalue weighted by Gasteiger charge is 2.11. The minimum atomic E-state index is 0.535. The number of nitrogens with one attached hydrogen (secondary N) is 1. The molecule has 1 N–H and O–H groups in total. The molecular weight excluding hydrogens is 274 g/mol. The van der Waals surface area contributed by atoms with Gasteiger partial charge in [-0.3, -0.25) is 0 Å². The first-order valence-corrected chi connectivity index (χ1v) is 7.24. The number of hydrogen-bond acceptors (Lipinski definition) is 3. The molecule has 0 saturated heterocycles. The van der Waals surface area contributed by atoms with Crippen LogP contribution in [0, 0.1) is 12.3 Å². The van der Waals surface area contributed by atoms with Gasteiger partial charge >= 0.3 is 0 Å². The number of methoxy groups -OCH3 is 1. The summed E-state index contributed by atoms with van der Waals surface area (Å²) in [6, 6.07) is 3.86. The van der Waals surface area contributed by atoms with Crippen LogP contribution >= 0.6 is 11.6 Å². The Bertz CT molecular complexity index is 455. The average molecular weight is 296 g/mol. The quantitative estimate of drug-likeness (QED) is 0.557. The number of halogens is 1. The zero-order valence-electron chi connectivity index (χ0n) is 12.2. The van der Waals surface area contributed by atoms with Crippen LogP contribution < -0.4 is 14.8 Å². The third-order valence-electron chi connectivity index (χ3n) is 2.76. The van der Waals surface area contributed by atoms with E-state index in [1.165, 1.54) is 0 Å². The summed E-state index contributed by atoms with van der Waals surface area (Å²) in [6.07, 6.45) is 7.80. The van der Waals surface area contributed by atoms with Crippen LogP contribution in [0.1, 0.15) is 31.7 Å². The van der Waals surface area contributed by atoms with Crippen molar-refractivity contribution in [2.24, 2.45) is 0 Å². The second kappa shape index (κ2) is 9.52. The molecule has 0 radical (unpaired) electrons. The van der Waals surface area contributed by atoms with Crippen LogP contribution in [0.4, 0.5) is 0 Å². The molecule has 3 nitrogen and oxygen atoms in total. The molecule has 0 saturated carbocycles. The number of rotatable bonds is 9. The molecule has 4 heteroatoms. The zero-order chi connectivity index (χ0) is 14.8. The molecule has 1 aromatic carbocycles. The predicted molar refractivity (Wildman–Crippen MR) is 83.6 cm³/mol. The van der Waals surface area contributed by atoms with Crippen molar-refractivity contribution in [3.05, 3.63) is 22.7 Å².